The lowest BCUT2D eigenvalue weighted by Gasteiger charge is -2.39. The van der Waals surface area contributed by atoms with Gasteiger partial charge in [-0.15, -0.1) is 0 Å². The van der Waals surface area contributed by atoms with Gasteiger partial charge in [-0.05, 0) is 49.2 Å². The Morgan fingerprint density at radius 1 is 0.758 bits per heavy atom. The number of sulfone groups is 1. The number of piperazine rings is 1. The summed E-state index contributed by atoms with van der Waals surface area (Å²) >= 11 is 0. The average Bonchev–Trinajstić information content (AvgIpc) is 2.84. The number of rotatable bonds is 5. The van der Waals surface area contributed by atoms with Crippen molar-refractivity contribution >= 4 is 31.5 Å². The summed E-state index contributed by atoms with van der Waals surface area (Å²) in [6, 6.07) is 15.4. The largest absolute Gasteiger partial charge is 0.368 e. The van der Waals surface area contributed by atoms with E-state index >= 15 is 0 Å². The highest BCUT2D eigenvalue weighted by Gasteiger charge is 2.34. The minimum absolute atomic E-state index is 0.0664. The number of carbonyl (C=O) groups is 1. The van der Waals surface area contributed by atoms with E-state index in [1.54, 1.807) is 0 Å². The van der Waals surface area contributed by atoms with E-state index in [4.69, 9.17) is 0 Å². The summed E-state index contributed by atoms with van der Waals surface area (Å²) in [4.78, 5) is 17.4. The number of para-hydroxylation sites is 1. The third-order valence-corrected chi connectivity index (χ3v) is 9.45. The Morgan fingerprint density at radius 2 is 1.30 bits per heavy atom. The van der Waals surface area contributed by atoms with Gasteiger partial charge < -0.3 is 9.80 Å². The standard InChI is InChI=1S/C23H29N3O5S2/c1-32(28,29)21-7-9-22(10-8-21)33(30,31)26-13-11-19(12-14-26)23(27)25-17-15-24(16-18-25)20-5-3-2-4-6-20/h2-10,19H,11-18H2,1H3. The van der Waals surface area contributed by atoms with Crippen LogP contribution in [0.1, 0.15) is 12.8 Å². The molecule has 0 aliphatic carbocycles. The van der Waals surface area contributed by atoms with Gasteiger partial charge in [0, 0.05) is 57.1 Å². The molecule has 33 heavy (non-hydrogen) atoms. The fraction of sp³-hybridized carbons (Fsp3) is 0.435. The highest BCUT2D eigenvalue weighted by Crippen LogP contribution is 2.26. The molecule has 2 fully saturated rings. The fourth-order valence-corrected chi connectivity index (χ4v) is 6.53. The molecule has 0 saturated carbocycles. The normalized spacial score (nSPS) is 18.9. The first-order chi connectivity index (χ1) is 15.7. The van der Waals surface area contributed by atoms with Gasteiger partial charge in [-0.25, -0.2) is 16.8 Å². The minimum atomic E-state index is -3.73. The lowest BCUT2D eigenvalue weighted by Crippen LogP contribution is -2.52. The van der Waals surface area contributed by atoms with Crippen LogP contribution in [0.4, 0.5) is 5.69 Å². The van der Waals surface area contributed by atoms with Crippen LogP contribution in [-0.4, -0.2) is 77.5 Å². The Bertz CT molecular complexity index is 1180. The zero-order valence-electron chi connectivity index (χ0n) is 18.6. The van der Waals surface area contributed by atoms with Crippen LogP contribution in [-0.2, 0) is 24.7 Å². The number of hydrogen-bond acceptors (Lipinski definition) is 6. The number of anilines is 1. The summed E-state index contributed by atoms with van der Waals surface area (Å²) in [7, 11) is -7.12. The third kappa shape index (κ3) is 5.23. The van der Waals surface area contributed by atoms with E-state index in [0.717, 1.165) is 25.0 Å². The molecule has 10 heteroatoms. The van der Waals surface area contributed by atoms with Crippen LogP contribution in [0.5, 0.6) is 0 Å². The summed E-state index contributed by atoms with van der Waals surface area (Å²) in [5.74, 6) is -0.0652. The third-order valence-electron chi connectivity index (χ3n) is 6.41. The number of sulfonamides is 1. The molecule has 4 rings (SSSR count). The molecule has 2 aromatic rings. The van der Waals surface area contributed by atoms with Crippen LogP contribution >= 0.6 is 0 Å². The molecule has 2 heterocycles. The number of piperidine rings is 1. The van der Waals surface area contributed by atoms with E-state index in [2.05, 4.69) is 17.0 Å². The first-order valence-corrected chi connectivity index (χ1v) is 14.4. The first-order valence-electron chi connectivity index (χ1n) is 11.1. The van der Waals surface area contributed by atoms with Gasteiger partial charge in [0.2, 0.25) is 15.9 Å². The monoisotopic (exact) mass is 491 g/mol. The van der Waals surface area contributed by atoms with Crippen LogP contribution < -0.4 is 4.90 Å². The molecule has 0 aromatic heterocycles. The van der Waals surface area contributed by atoms with Crippen molar-refractivity contribution < 1.29 is 21.6 Å². The van der Waals surface area contributed by atoms with Crippen LogP contribution in [0.3, 0.4) is 0 Å². The van der Waals surface area contributed by atoms with Gasteiger partial charge in [0.1, 0.15) is 0 Å². The maximum Gasteiger partial charge on any atom is 0.243 e. The van der Waals surface area contributed by atoms with Crippen molar-refractivity contribution in [3.63, 3.8) is 0 Å². The molecule has 0 radical (unpaired) electrons. The van der Waals surface area contributed by atoms with Crippen molar-refractivity contribution in [1.29, 1.82) is 0 Å². The maximum atomic E-state index is 13.0. The van der Waals surface area contributed by atoms with Gasteiger partial charge in [0.25, 0.3) is 0 Å². The predicted molar refractivity (Wildman–Crippen MR) is 126 cm³/mol. The highest BCUT2D eigenvalue weighted by molar-refractivity contribution is 7.90. The topological polar surface area (TPSA) is 95.1 Å². The summed E-state index contributed by atoms with van der Waals surface area (Å²) < 4.78 is 50.6. The van der Waals surface area contributed by atoms with Crippen LogP contribution in [0, 0.1) is 5.92 Å². The maximum absolute atomic E-state index is 13.0. The number of benzene rings is 2. The van der Waals surface area contributed by atoms with Gasteiger partial charge in [-0.1, -0.05) is 18.2 Å². The number of nitrogens with zero attached hydrogens (tertiary/aromatic N) is 3. The molecule has 0 N–H and O–H groups in total. The SMILES string of the molecule is CS(=O)(=O)c1ccc(S(=O)(=O)N2CCC(C(=O)N3CCN(c4ccccc4)CC3)CC2)cc1. The van der Waals surface area contributed by atoms with Crippen molar-refractivity contribution in [2.24, 2.45) is 5.92 Å². The average molecular weight is 492 g/mol. The molecule has 1 amide bonds. The Balaban J connectivity index is 1.32. The molecule has 0 bridgehead atoms. The zero-order valence-corrected chi connectivity index (χ0v) is 20.3. The van der Waals surface area contributed by atoms with Gasteiger partial charge in [-0.2, -0.15) is 4.31 Å². The molecule has 2 aliphatic heterocycles. The Kier molecular flexibility index (Phi) is 6.78. The molecule has 2 saturated heterocycles. The molecule has 8 nitrogen and oxygen atoms in total. The van der Waals surface area contributed by atoms with Crippen LogP contribution in [0.2, 0.25) is 0 Å². The summed E-state index contributed by atoms with van der Waals surface area (Å²) in [6.45, 7) is 3.45. The van der Waals surface area contributed by atoms with E-state index in [0.29, 0.717) is 25.9 Å². The van der Waals surface area contributed by atoms with Gasteiger partial charge >= 0.3 is 0 Å². The predicted octanol–water partition coefficient (Wildman–Crippen LogP) is 1.84. The lowest BCUT2D eigenvalue weighted by atomic mass is 9.96. The number of carbonyl (C=O) groups excluding carboxylic acids is 1. The lowest BCUT2D eigenvalue weighted by molar-refractivity contribution is -0.137. The van der Waals surface area contributed by atoms with Gasteiger partial charge in [0.05, 0.1) is 9.79 Å². The van der Waals surface area contributed by atoms with Crippen molar-refractivity contribution in [3.05, 3.63) is 54.6 Å². The molecule has 0 unspecified atom stereocenters. The number of amides is 1. The Morgan fingerprint density at radius 3 is 1.85 bits per heavy atom. The zero-order chi connectivity index (χ0) is 23.6. The van der Waals surface area contributed by atoms with Crippen molar-refractivity contribution in [2.75, 3.05) is 50.4 Å². The molecule has 178 valence electrons. The second kappa shape index (κ2) is 9.44. The van der Waals surface area contributed by atoms with Crippen LogP contribution in [0.15, 0.2) is 64.4 Å². The minimum Gasteiger partial charge on any atom is -0.368 e. The second-order valence-corrected chi connectivity index (χ2v) is 12.5. The van der Waals surface area contributed by atoms with Gasteiger partial charge in [0.15, 0.2) is 9.84 Å². The van der Waals surface area contributed by atoms with E-state index in [1.165, 1.54) is 28.6 Å². The van der Waals surface area contributed by atoms with Crippen LogP contribution in [0.25, 0.3) is 0 Å². The summed E-state index contributed by atoms with van der Waals surface area (Å²) in [5, 5.41) is 0. The fourth-order valence-electron chi connectivity index (χ4n) is 4.43. The molecule has 2 aromatic carbocycles. The Labute approximate surface area is 195 Å². The highest BCUT2D eigenvalue weighted by atomic mass is 32.2. The summed E-state index contributed by atoms with van der Waals surface area (Å²) in [5.41, 5.74) is 1.16. The first kappa shape index (κ1) is 23.7. The van der Waals surface area contributed by atoms with E-state index in [1.807, 2.05) is 23.1 Å². The van der Waals surface area contributed by atoms with Gasteiger partial charge in [-0.3, -0.25) is 4.79 Å². The molecular weight excluding hydrogens is 462 g/mol. The van der Waals surface area contributed by atoms with E-state index in [-0.39, 0.29) is 34.7 Å². The molecule has 0 spiro atoms. The Hall–Kier alpha value is -2.43. The quantitative estimate of drug-likeness (QED) is 0.634. The number of hydrogen-bond donors (Lipinski definition) is 0. The van der Waals surface area contributed by atoms with E-state index in [9.17, 15) is 21.6 Å². The molecular formula is C23H29N3O5S2. The smallest absolute Gasteiger partial charge is 0.243 e. The van der Waals surface area contributed by atoms with E-state index < -0.39 is 19.9 Å². The molecule has 2 aliphatic rings. The summed E-state index contributed by atoms with van der Waals surface area (Å²) in [6.07, 6.45) is 2.05. The van der Waals surface area contributed by atoms with Crippen molar-refractivity contribution in [1.82, 2.24) is 9.21 Å². The van der Waals surface area contributed by atoms with Crippen molar-refractivity contribution in [3.8, 4) is 0 Å². The molecule has 0 atom stereocenters. The second-order valence-electron chi connectivity index (χ2n) is 8.57. The van der Waals surface area contributed by atoms with Crippen molar-refractivity contribution in [2.45, 2.75) is 22.6 Å².